The van der Waals surface area contributed by atoms with Crippen molar-refractivity contribution in [2.45, 2.75) is 32.5 Å². The van der Waals surface area contributed by atoms with E-state index in [-0.39, 0.29) is 43.2 Å². The van der Waals surface area contributed by atoms with Crippen molar-refractivity contribution in [1.82, 2.24) is 4.90 Å². The van der Waals surface area contributed by atoms with Gasteiger partial charge in [0.1, 0.15) is 5.82 Å². The first-order valence-electron chi connectivity index (χ1n) is 8.50. The maximum absolute atomic E-state index is 13.4. The number of anilines is 1. The van der Waals surface area contributed by atoms with E-state index in [1.165, 1.54) is 21.9 Å². The van der Waals surface area contributed by atoms with E-state index in [2.05, 4.69) is 0 Å². The van der Waals surface area contributed by atoms with Crippen molar-refractivity contribution in [3.05, 3.63) is 29.6 Å². The van der Waals surface area contributed by atoms with Gasteiger partial charge in [0.15, 0.2) is 6.10 Å². The van der Waals surface area contributed by atoms with Crippen LogP contribution in [0, 0.1) is 18.7 Å². The lowest BCUT2D eigenvalue weighted by Crippen LogP contribution is -2.53. The van der Waals surface area contributed by atoms with E-state index in [1.54, 1.807) is 19.9 Å². The summed E-state index contributed by atoms with van der Waals surface area (Å²) in [5, 5.41) is 9.15. The molecule has 26 heavy (non-hydrogen) atoms. The lowest BCUT2D eigenvalue weighted by atomic mass is 10.1. The van der Waals surface area contributed by atoms with Crippen LogP contribution in [-0.4, -0.2) is 59.6 Å². The Morgan fingerprint density at radius 2 is 2.00 bits per heavy atom. The van der Waals surface area contributed by atoms with E-state index >= 15 is 0 Å². The molecule has 2 unspecified atom stereocenters. The van der Waals surface area contributed by atoms with Crippen LogP contribution < -0.4 is 4.90 Å². The lowest BCUT2D eigenvalue weighted by Gasteiger charge is -2.36. The molecule has 0 aromatic heterocycles. The third-order valence-electron chi connectivity index (χ3n) is 4.77. The van der Waals surface area contributed by atoms with Crippen molar-refractivity contribution in [2.24, 2.45) is 5.92 Å². The Bertz CT molecular complexity index is 753. The van der Waals surface area contributed by atoms with Gasteiger partial charge in [0.2, 0.25) is 11.8 Å². The molecule has 1 aromatic carbocycles. The van der Waals surface area contributed by atoms with Gasteiger partial charge in [0.25, 0.3) is 0 Å². The molecule has 1 N–H and O–H groups in total. The fourth-order valence-corrected chi connectivity index (χ4v) is 3.45. The number of aliphatic carboxylic acids is 1. The summed E-state index contributed by atoms with van der Waals surface area (Å²) in [6.45, 7) is 3.79. The molecular formula is C18H21FN2O5. The first kappa shape index (κ1) is 18.3. The Hall–Kier alpha value is -2.48. The highest BCUT2D eigenvalue weighted by atomic mass is 19.1. The van der Waals surface area contributed by atoms with Crippen molar-refractivity contribution >= 4 is 23.5 Å². The maximum Gasteiger partial charge on any atom is 0.334 e. The number of halogens is 1. The molecule has 2 aliphatic heterocycles. The number of carboxylic acid groups (broad SMARTS) is 1. The lowest BCUT2D eigenvalue weighted by molar-refractivity contribution is -0.167. The predicted molar refractivity (Wildman–Crippen MR) is 90.1 cm³/mol. The van der Waals surface area contributed by atoms with E-state index in [4.69, 9.17) is 9.84 Å². The molecule has 3 atom stereocenters. The number of benzene rings is 1. The van der Waals surface area contributed by atoms with Crippen molar-refractivity contribution in [2.75, 3.05) is 24.5 Å². The fourth-order valence-electron chi connectivity index (χ4n) is 3.45. The van der Waals surface area contributed by atoms with Crippen molar-refractivity contribution < 1.29 is 28.6 Å². The van der Waals surface area contributed by atoms with Gasteiger partial charge in [-0.05, 0) is 37.6 Å². The average molecular weight is 364 g/mol. The molecule has 0 bridgehead atoms. The first-order valence-corrected chi connectivity index (χ1v) is 8.50. The Labute approximate surface area is 150 Å². The number of nitrogens with zero attached hydrogens (tertiary/aromatic N) is 2. The van der Waals surface area contributed by atoms with E-state index in [0.717, 1.165) is 0 Å². The minimum Gasteiger partial charge on any atom is -0.479 e. The zero-order valence-electron chi connectivity index (χ0n) is 14.6. The van der Waals surface area contributed by atoms with Crippen LogP contribution in [0.4, 0.5) is 10.1 Å². The van der Waals surface area contributed by atoms with Crippen molar-refractivity contribution in [1.29, 1.82) is 0 Å². The molecular weight excluding hydrogens is 343 g/mol. The summed E-state index contributed by atoms with van der Waals surface area (Å²) in [4.78, 5) is 39.3. The number of hydrogen-bond acceptors (Lipinski definition) is 4. The van der Waals surface area contributed by atoms with Gasteiger partial charge in [-0.25, -0.2) is 9.18 Å². The largest absolute Gasteiger partial charge is 0.479 e. The number of amides is 2. The highest BCUT2D eigenvalue weighted by Crippen LogP contribution is 2.28. The summed E-state index contributed by atoms with van der Waals surface area (Å²) in [6.07, 6.45) is -1.39. The zero-order valence-corrected chi connectivity index (χ0v) is 14.6. The van der Waals surface area contributed by atoms with Crippen LogP contribution in [0.3, 0.4) is 0 Å². The maximum atomic E-state index is 13.4. The van der Waals surface area contributed by atoms with Gasteiger partial charge in [-0.3, -0.25) is 9.59 Å². The van der Waals surface area contributed by atoms with E-state index < -0.39 is 18.0 Å². The van der Waals surface area contributed by atoms with E-state index in [0.29, 0.717) is 17.8 Å². The molecule has 140 valence electrons. The van der Waals surface area contributed by atoms with Gasteiger partial charge in [-0.2, -0.15) is 0 Å². The number of rotatable bonds is 3. The standard InChI is InChI=1S/C18H21FN2O5/c1-10-5-13(3-4-14(10)19)21-8-12(6-16(21)22)17(23)20-7-11(2)26-15(9-20)18(24)25/h3-5,11-12,15H,6-9H2,1-2H3,(H,24,25)/t11-,12?,15?/m1/s1. The highest BCUT2D eigenvalue weighted by Gasteiger charge is 2.40. The number of hydrogen-bond donors (Lipinski definition) is 1. The molecule has 2 saturated heterocycles. The molecule has 0 radical (unpaired) electrons. The third kappa shape index (κ3) is 3.55. The van der Waals surface area contributed by atoms with Gasteiger partial charge in [-0.15, -0.1) is 0 Å². The minimum atomic E-state index is -1.11. The van der Waals surface area contributed by atoms with Gasteiger partial charge in [0, 0.05) is 25.2 Å². The molecule has 3 rings (SSSR count). The summed E-state index contributed by atoms with van der Waals surface area (Å²) >= 11 is 0. The molecule has 2 aliphatic rings. The molecule has 0 spiro atoms. The Balaban J connectivity index is 1.72. The fraction of sp³-hybridized carbons (Fsp3) is 0.500. The van der Waals surface area contributed by atoms with Gasteiger partial charge in [0.05, 0.1) is 18.6 Å². The van der Waals surface area contributed by atoms with Crippen LogP contribution >= 0.6 is 0 Å². The van der Waals surface area contributed by atoms with Crippen LogP contribution in [0.25, 0.3) is 0 Å². The molecule has 1 aromatic rings. The normalized spacial score (nSPS) is 26.3. The zero-order chi connectivity index (χ0) is 19.0. The second-order valence-corrected chi connectivity index (χ2v) is 6.86. The van der Waals surface area contributed by atoms with E-state index in [9.17, 15) is 18.8 Å². The molecule has 2 fully saturated rings. The number of carbonyl (C=O) groups is 3. The van der Waals surface area contributed by atoms with Crippen LogP contribution in [0.15, 0.2) is 18.2 Å². The summed E-state index contributed by atoms with van der Waals surface area (Å²) in [6, 6.07) is 4.40. The Kier molecular flexibility index (Phi) is 4.95. The molecule has 0 saturated carbocycles. The van der Waals surface area contributed by atoms with Crippen LogP contribution in [-0.2, 0) is 19.1 Å². The van der Waals surface area contributed by atoms with Gasteiger partial charge in [-0.1, -0.05) is 0 Å². The Morgan fingerprint density at radius 3 is 2.65 bits per heavy atom. The summed E-state index contributed by atoms with van der Waals surface area (Å²) < 4.78 is 18.8. The van der Waals surface area contributed by atoms with Crippen molar-refractivity contribution in [3.63, 3.8) is 0 Å². The predicted octanol–water partition coefficient (Wildman–Crippen LogP) is 1.19. The van der Waals surface area contributed by atoms with Crippen molar-refractivity contribution in [3.8, 4) is 0 Å². The number of aryl methyl sites for hydroxylation is 1. The first-order chi connectivity index (χ1) is 12.3. The van der Waals surface area contributed by atoms with Gasteiger partial charge >= 0.3 is 5.97 Å². The van der Waals surface area contributed by atoms with E-state index in [1.807, 2.05) is 0 Å². The summed E-state index contributed by atoms with van der Waals surface area (Å²) in [5.74, 6) is -2.46. The quantitative estimate of drug-likeness (QED) is 0.871. The van der Waals surface area contributed by atoms with Crippen LogP contribution in [0.5, 0.6) is 0 Å². The number of ether oxygens (including phenoxy) is 1. The second-order valence-electron chi connectivity index (χ2n) is 6.86. The molecule has 2 heterocycles. The molecule has 7 nitrogen and oxygen atoms in total. The third-order valence-corrected chi connectivity index (χ3v) is 4.77. The Morgan fingerprint density at radius 1 is 1.27 bits per heavy atom. The average Bonchev–Trinajstić information content (AvgIpc) is 2.98. The van der Waals surface area contributed by atoms with Gasteiger partial charge < -0.3 is 19.6 Å². The second kappa shape index (κ2) is 7.03. The van der Waals surface area contributed by atoms with Crippen LogP contribution in [0.2, 0.25) is 0 Å². The number of carbonyl (C=O) groups excluding carboxylic acids is 2. The molecule has 2 amide bonds. The summed E-state index contributed by atoms with van der Waals surface area (Å²) in [7, 11) is 0. The smallest absolute Gasteiger partial charge is 0.334 e. The molecule has 0 aliphatic carbocycles. The molecule has 8 heteroatoms. The number of morpholine rings is 1. The monoisotopic (exact) mass is 364 g/mol. The topological polar surface area (TPSA) is 87.2 Å². The number of carboxylic acids is 1. The SMILES string of the molecule is Cc1cc(N2CC(C(=O)N3CC(C(=O)O)O[C@H](C)C3)CC2=O)ccc1F. The minimum absolute atomic E-state index is 0.0289. The summed E-state index contributed by atoms with van der Waals surface area (Å²) in [5.41, 5.74) is 0.985. The highest BCUT2D eigenvalue weighted by molar-refractivity contribution is 6.00. The van der Waals surface area contributed by atoms with Crippen LogP contribution in [0.1, 0.15) is 18.9 Å².